The maximum Gasteiger partial charge on any atom is 0.252 e. The lowest BCUT2D eigenvalue weighted by Crippen LogP contribution is -2.26. The van der Waals surface area contributed by atoms with Crippen LogP contribution < -0.4 is 5.32 Å². The van der Waals surface area contributed by atoms with E-state index in [4.69, 9.17) is 11.6 Å². The first kappa shape index (κ1) is 16.0. The molecule has 2 rings (SSSR count). The highest BCUT2D eigenvalue weighted by Gasteiger charge is 2.15. The van der Waals surface area contributed by atoms with Crippen molar-refractivity contribution in [3.05, 3.63) is 51.2 Å². The van der Waals surface area contributed by atoms with Gasteiger partial charge in [-0.25, -0.2) is 8.42 Å². The third-order valence-corrected chi connectivity index (χ3v) is 5.22. The second kappa shape index (κ2) is 6.60. The van der Waals surface area contributed by atoms with Gasteiger partial charge in [-0.15, -0.1) is 11.3 Å². The number of halogens is 1. The van der Waals surface area contributed by atoms with Crippen LogP contribution in [0.4, 0.5) is 0 Å². The fourth-order valence-electron chi connectivity index (χ4n) is 1.76. The van der Waals surface area contributed by atoms with Crippen molar-refractivity contribution in [2.75, 3.05) is 12.8 Å². The third-order valence-electron chi connectivity index (χ3n) is 2.85. The maximum atomic E-state index is 12.1. The van der Waals surface area contributed by atoms with E-state index < -0.39 is 9.84 Å². The second-order valence-electron chi connectivity index (χ2n) is 4.50. The average molecular weight is 344 g/mol. The summed E-state index contributed by atoms with van der Waals surface area (Å²) in [6.07, 6.45) is 1.82. The van der Waals surface area contributed by atoms with E-state index in [1.54, 1.807) is 11.3 Å². The Labute approximate surface area is 132 Å². The highest BCUT2D eigenvalue weighted by Crippen LogP contribution is 2.20. The van der Waals surface area contributed by atoms with Crippen molar-refractivity contribution in [3.63, 3.8) is 0 Å². The van der Waals surface area contributed by atoms with E-state index in [1.807, 2.05) is 17.5 Å². The zero-order valence-corrected chi connectivity index (χ0v) is 13.7. The molecule has 0 unspecified atom stereocenters. The van der Waals surface area contributed by atoms with E-state index in [-0.39, 0.29) is 21.4 Å². The van der Waals surface area contributed by atoms with E-state index in [0.29, 0.717) is 6.54 Å². The van der Waals surface area contributed by atoms with E-state index in [1.165, 1.54) is 23.1 Å². The summed E-state index contributed by atoms with van der Waals surface area (Å²) < 4.78 is 23.0. The molecule has 0 bridgehead atoms. The van der Waals surface area contributed by atoms with E-state index >= 15 is 0 Å². The number of thiophene rings is 1. The SMILES string of the molecule is CS(=O)(=O)c1ccc(Cl)c(C(=O)NCCc2cccs2)c1. The van der Waals surface area contributed by atoms with Gasteiger partial charge in [0.25, 0.3) is 5.91 Å². The first-order valence-corrected chi connectivity index (χ1v) is 9.33. The Balaban J connectivity index is 2.08. The van der Waals surface area contributed by atoms with Gasteiger partial charge in [0.1, 0.15) is 0 Å². The molecular weight excluding hydrogens is 330 g/mol. The van der Waals surface area contributed by atoms with Crippen LogP contribution in [0.25, 0.3) is 0 Å². The van der Waals surface area contributed by atoms with Gasteiger partial charge in [-0.05, 0) is 36.1 Å². The van der Waals surface area contributed by atoms with E-state index in [2.05, 4.69) is 5.32 Å². The molecule has 1 aromatic heterocycles. The minimum absolute atomic E-state index is 0.0790. The Bertz CT molecular complexity index is 740. The summed E-state index contributed by atoms with van der Waals surface area (Å²) in [4.78, 5) is 13.3. The zero-order valence-electron chi connectivity index (χ0n) is 11.3. The molecular formula is C14H14ClNO3S2. The van der Waals surface area contributed by atoms with Crippen molar-refractivity contribution in [2.24, 2.45) is 0 Å². The number of amides is 1. The second-order valence-corrected chi connectivity index (χ2v) is 7.95. The van der Waals surface area contributed by atoms with Crippen molar-refractivity contribution in [2.45, 2.75) is 11.3 Å². The summed E-state index contributed by atoms with van der Waals surface area (Å²) in [5, 5.41) is 4.95. The molecule has 112 valence electrons. The smallest absolute Gasteiger partial charge is 0.252 e. The highest BCUT2D eigenvalue weighted by molar-refractivity contribution is 7.90. The molecule has 0 aliphatic heterocycles. The molecule has 21 heavy (non-hydrogen) atoms. The molecule has 1 heterocycles. The van der Waals surface area contributed by atoms with Gasteiger partial charge in [0.15, 0.2) is 9.84 Å². The van der Waals surface area contributed by atoms with Crippen LogP contribution in [0.2, 0.25) is 5.02 Å². The number of carbonyl (C=O) groups excluding carboxylic acids is 1. The van der Waals surface area contributed by atoms with E-state index in [9.17, 15) is 13.2 Å². The van der Waals surface area contributed by atoms with Gasteiger partial charge < -0.3 is 5.32 Å². The lowest BCUT2D eigenvalue weighted by atomic mass is 10.2. The number of rotatable bonds is 5. The van der Waals surface area contributed by atoms with Crippen molar-refractivity contribution in [1.82, 2.24) is 5.32 Å². The fraction of sp³-hybridized carbons (Fsp3) is 0.214. The Kier molecular flexibility index (Phi) is 5.03. The third kappa shape index (κ3) is 4.30. The lowest BCUT2D eigenvalue weighted by molar-refractivity contribution is 0.0954. The van der Waals surface area contributed by atoms with Gasteiger partial charge in [-0.1, -0.05) is 17.7 Å². The molecule has 0 fully saturated rings. The standard InChI is InChI=1S/C14H14ClNO3S2/c1-21(18,19)11-4-5-13(15)12(9-11)14(17)16-7-6-10-3-2-8-20-10/h2-5,8-9H,6-7H2,1H3,(H,16,17). The lowest BCUT2D eigenvalue weighted by Gasteiger charge is -2.08. The molecule has 0 aliphatic rings. The quantitative estimate of drug-likeness (QED) is 0.908. The molecule has 0 radical (unpaired) electrons. The van der Waals surface area contributed by atoms with Crippen molar-refractivity contribution in [1.29, 1.82) is 0 Å². The van der Waals surface area contributed by atoms with Gasteiger partial charge in [-0.2, -0.15) is 0 Å². The summed E-state index contributed by atoms with van der Waals surface area (Å²) in [6.45, 7) is 0.471. The predicted octanol–water partition coefficient (Wildman–Crippen LogP) is 2.78. The Morgan fingerprint density at radius 3 is 2.71 bits per heavy atom. The molecule has 0 saturated carbocycles. The number of nitrogens with one attached hydrogen (secondary N) is 1. The minimum atomic E-state index is -3.37. The van der Waals surface area contributed by atoms with Gasteiger partial charge in [0, 0.05) is 17.7 Å². The van der Waals surface area contributed by atoms with Gasteiger partial charge in [-0.3, -0.25) is 4.79 Å². The average Bonchev–Trinajstić information content (AvgIpc) is 2.91. The number of carbonyl (C=O) groups is 1. The molecule has 0 aliphatic carbocycles. The molecule has 7 heteroatoms. The minimum Gasteiger partial charge on any atom is -0.352 e. The number of sulfone groups is 1. The van der Waals surface area contributed by atoms with Crippen molar-refractivity contribution >= 4 is 38.7 Å². The van der Waals surface area contributed by atoms with Crippen LogP contribution in [0.5, 0.6) is 0 Å². The van der Waals surface area contributed by atoms with Crippen LogP contribution in [-0.2, 0) is 16.3 Å². The number of hydrogen-bond acceptors (Lipinski definition) is 4. The largest absolute Gasteiger partial charge is 0.352 e. The number of benzene rings is 1. The van der Waals surface area contributed by atoms with Crippen LogP contribution in [0.1, 0.15) is 15.2 Å². The van der Waals surface area contributed by atoms with Gasteiger partial charge >= 0.3 is 0 Å². The molecule has 1 aromatic carbocycles. The van der Waals surface area contributed by atoms with Crippen LogP contribution in [0.15, 0.2) is 40.6 Å². The van der Waals surface area contributed by atoms with Crippen LogP contribution in [-0.4, -0.2) is 27.1 Å². The predicted molar refractivity (Wildman–Crippen MR) is 84.9 cm³/mol. The van der Waals surface area contributed by atoms with Gasteiger partial charge in [0.2, 0.25) is 0 Å². The Morgan fingerprint density at radius 2 is 2.10 bits per heavy atom. The molecule has 4 nitrogen and oxygen atoms in total. The van der Waals surface area contributed by atoms with Crippen LogP contribution in [0, 0.1) is 0 Å². The molecule has 0 spiro atoms. The van der Waals surface area contributed by atoms with Crippen LogP contribution >= 0.6 is 22.9 Å². The first-order chi connectivity index (χ1) is 9.88. The van der Waals surface area contributed by atoms with Gasteiger partial charge in [0.05, 0.1) is 15.5 Å². The molecule has 2 aromatic rings. The maximum absolute atomic E-state index is 12.1. The normalized spacial score (nSPS) is 11.3. The summed E-state index contributed by atoms with van der Waals surface area (Å²) in [6, 6.07) is 8.06. The highest BCUT2D eigenvalue weighted by atomic mass is 35.5. The summed E-state index contributed by atoms with van der Waals surface area (Å²) in [5.74, 6) is -0.373. The fourth-order valence-corrected chi connectivity index (χ4v) is 3.32. The molecule has 1 N–H and O–H groups in total. The molecule has 0 saturated heterocycles. The summed E-state index contributed by atoms with van der Waals surface area (Å²) in [5.41, 5.74) is 0.172. The Hall–Kier alpha value is -1.37. The van der Waals surface area contributed by atoms with Crippen LogP contribution in [0.3, 0.4) is 0 Å². The molecule has 1 amide bonds. The molecule has 0 atom stereocenters. The summed E-state index contributed by atoms with van der Waals surface area (Å²) in [7, 11) is -3.37. The Morgan fingerprint density at radius 1 is 1.33 bits per heavy atom. The zero-order chi connectivity index (χ0) is 15.5. The van der Waals surface area contributed by atoms with E-state index in [0.717, 1.165) is 12.7 Å². The monoisotopic (exact) mass is 343 g/mol. The van der Waals surface area contributed by atoms with Crippen molar-refractivity contribution in [3.8, 4) is 0 Å². The topological polar surface area (TPSA) is 63.2 Å². The summed E-state index contributed by atoms with van der Waals surface area (Å²) >= 11 is 7.59. The van der Waals surface area contributed by atoms with Crippen molar-refractivity contribution < 1.29 is 13.2 Å². The number of hydrogen-bond donors (Lipinski definition) is 1. The first-order valence-electron chi connectivity index (χ1n) is 6.18.